The van der Waals surface area contributed by atoms with Gasteiger partial charge < -0.3 is 0 Å². The van der Waals surface area contributed by atoms with E-state index in [1.54, 1.807) is 18.2 Å². The summed E-state index contributed by atoms with van der Waals surface area (Å²) in [5.74, 6) is -1.75. The molecule has 0 nitrogen and oxygen atoms in total. The quantitative estimate of drug-likeness (QED) is 0.627. The normalized spacial score (nSPS) is 12.5. The molecule has 0 aliphatic rings. The first-order valence-electron chi connectivity index (χ1n) is 5.51. The lowest BCUT2D eigenvalue weighted by Gasteiger charge is -2.11. The molecule has 0 aliphatic heterocycles. The molecule has 0 bridgehead atoms. The third-order valence-electron chi connectivity index (χ3n) is 2.74. The Morgan fingerprint density at radius 1 is 1.00 bits per heavy atom. The first kappa shape index (κ1) is 14.6. The Balaban J connectivity index is 2.23. The van der Waals surface area contributed by atoms with Gasteiger partial charge in [0, 0.05) is 0 Å². The van der Waals surface area contributed by atoms with Gasteiger partial charge >= 0.3 is 0 Å². The summed E-state index contributed by atoms with van der Waals surface area (Å²) in [6.07, 6.45) is 0.170. The van der Waals surface area contributed by atoms with Crippen molar-refractivity contribution in [3.8, 4) is 0 Å². The molecule has 100 valence electrons. The fourth-order valence-corrected chi connectivity index (χ4v) is 2.33. The highest BCUT2D eigenvalue weighted by atomic mass is 35.5. The van der Waals surface area contributed by atoms with Crippen LogP contribution in [0.2, 0.25) is 10.0 Å². The lowest BCUT2D eigenvalue weighted by Crippen LogP contribution is -2.00. The molecule has 0 amide bonds. The molecule has 2 aromatic carbocycles. The molecule has 5 heteroatoms. The van der Waals surface area contributed by atoms with E-state index >= 15 is 0 Å². The summed E-state index contributed by atoms with van der Waals surface area (Å²) in [5, 5.41) is 0.293. The smallest absolute Gasteiger partial charge is 0.162 e. The predicted octanol–water partition coefficient (Wildman–Crippen LogP) is 5.79. The van der Waals surface area contributed by atoms with E-state index in [-0.39, 0.29) is 12.0 Å². The SMILES string of the molecule is Fc1cccc(CC(Cl)c2ccc(Cl)c(Cl)c2)c1F. The van der Waals surface area contributed by atoms with Crippen LogP contribution >= 0.6 is 34.8 Å². The number of benzene rings is 2. The second kappa shape index (κ2) is 6.08. The van der Waals surface area contributed by atoms with Crippen molar-refractivity contribution in [2.45, 2.75) is 11.8 Å². The van der Waals surface area contributed by atoms with Crippen LogP contribution in [0.3, 0.4) is 0 Å². The van der Waals surface area contributed by atoms with Crippen LogP contribution < -0.4 is 0 Å². The maximum Gasteiger partial charge on any atom is 0.162 e. The number of hydrogen-bond donors (Lipinski definition) is 0. The van der Waals surface area contributed by atoms with E-state index in [0.717, 1.165) is 6.07 Å². The number of rotatable bonds is 3. The average Bonchev–Trinajstić information content (AvgIpc) is 2.38. The second-order valence-corrected chi connectivity index (χ2v) is 5.40. The molecule has 2 rings (SSSR count). The van der Waals surface area contributed by atoms with Crippen LogP contribution in [0.25, 0.3) is 0 Å². The summed E-state index contributed by atoms with van der Waals surface area (Å²) in [6.45, 7) is 0. The summed E-state index contributed by atoms with van der Waals surface area (Å²) in [5.41, 5.74) is 0.936. The average molecular weight is 322 g/mol. The van der Waals surface area contributed by atoms with Crippen molar-refractivity contribution in [1.29, 1.82) is 0 Å². The molecule has 0 aromatic heterocycles. The minimum absolute atomic E-state index is 0.170. The van der Waals surface area contributed by atoms with Crippen molar-refractivity contribution in [1.82, 2.24) is 0 Å². The van der Waals surface area contributed by atoms with Gasteiger partial charge in [0.05, 0.1) is 15.4 Å². The van der Waals surface area contributed by atoms with Crippen molar-refractivity contribution in [3.63, 3.8) is 0 Å². The van der Waals surface area contributed by atoms with E-state index < -0.39 is 17.0 Å². The van der Waals surface area contributed by atoms with Gasteiger partial charge in [0.2, 0.25) is 0 Å². The van der Waals surface area contributed by atoms with Gasteiger partial charge in [0.1, 0.15) is 0 Å². The van der Waals surface area contributed by atoms with Crippen LogP contribution in [-0.4, -0.2) is 0 Å². The van der Waals surface area contributed by atoms with Gasteiger partial charge in [-0.1, -0.05) is 41.4 Å². The van der Waals surface area contributed by atoms with Gasteiger partial charge in [-0.25, -0.2) is 8.78 Å². The monoisotopic (exact) mass is 320 g/mol. The van der Waals surface area contributed by atoms with Gasteiger partial charge in [0.25, 0.3) is 0 Å². The molecular formula is C14H9Cl3F2. The Morgan fingerprint density at radius 2 is 1.74 bits per heavy atom. The zero-order valence-corrected chi connectivity index (χ0v) is 11.9. The van der Waals surface area contributed by atoms with Crippen molar-refractivity contribution in [2.24, 2.45) is 0 Å². The Hall–Kier alpha value is -0.830. The second-order valence-electron chi connectivity index (χ2n) is 4.06. The van der Waals surface area contributed by atoms with E-state index in [4.69, 9.17) is 34.8 Å². The Labute approximate surface area is 124 Å². The van der Waals surface area contributed by atoms with Crippen LogP contribution in [0.15, 0.2) is 36.4 Å². The van der Waals surface area contributed by atoms with Gasteiger partial charge in [0.15, 0.2) is 11.6 Å². The van der Waals surface area contributed by atoms with Crippen molar-refractivity contribution >= 4 is 34.8 Å². The van der Waals surface area contributed by atoms with Gasteiger partial charge in [-0.3, -0.25) is 0 Å². The largest absolute Gasteiger partial charge is 0.204 e. The molecule has 2 aromatic rings. The van der Waals surface area contributed by atoms with Crippen LogP contribution in [0.1, 0.15) is 16.5 Å². The molecule has 0 fully saturated rings. The molecule has 0 N–H and O–H groups in total. The van der Waals surface area contributed by atoms with E-state index in [2.05, 4.69) is 0 Å². The Bertz CT molecular complexity index is 599. The summed E-state index contributed by atoms with van der Waals surface area (Å²) in [4.78, 5) is 0. The lowest BCUT2D eigenvalue weighted by atomic mass is 10.0. The minimum atomic E-state index is -0.879. The molecule has 19 heavy (non-hydrogen) atoms. The summed E-state index contributed by atoms with van der Waals surface area (Å²) < 4.78 is 26.6. The van der Waals surface area contributed by atoms with E-state index in [1.165, 1.54) is 12.1 Å². The van der Waals surface area contributed by atoms with E-state index in [9.17, 15) is 8.78 Å². The van der Waals surface area contributed by atoms with Gasteiger partial charge in [-0.15, -0.1) is 11.6 Å². The molecule has 0 spiro atoms. The van der Waals surface area contributed by atoms with Crippen LogP contribution in [0, 0.1) is 11.6 Å². The minimum Gasteiger partial charge on any atom is -0.204 e. The third-order valence-corrected chi connectivity index (χ3v) is 3.88. The first-order valence-corrected chi connectivity index (χ1v) is 6.70. The zero-order valence-electron chi connectivity index (χ0n) is 9.64. The molecule has 1 atom stereocenters. The maximum atomic E-state index is 13.5. The highest BCUT2D eigenvalue weighted by Gasteiger charge is 2.15. The Kier molecular flexibility index (Phi) is 4.67. The summed E-state index contributed by atoms with van der Waals surface area (Å²) >= 11 is 17.9. The third kappa shape index (κ3) is 3.38. The van der Waals surface area contributed by atoms with Crippen LogP contribution in [-0.2, 0) is 6.42 Å². The summed E-state index contributed by atoms with van der Waals surface area (Å²) in [6, 6.07) is 8.98. The van der Waals surface area contributed by atoms with Gasteiger partial charge in [-0.2, -0.15) is 0 Å². The fourth-order valence-electron chi connectivity index (χ4n) is 1.72. The Morgan fingerprint density at radius 3 is 2.42 bits per heavy atom. The number of halogens is 5. The fraction of sp³-hybridized carbons (Fsp3) is 0.143. The zero-order chi connectivity index (χ0) is 14.0. The van der Waals surface area contributed by atoms with Gasteiger partial charge in [-0.05, 0) is 35.7 Å². The first-order chi connectivity index (χ1) is 8.99. The van der Waals surface area contributed by atoms with E-state index in [0.29, 0.717) is 15.6 Å². The van der Waals surface area contributed by atoms with Crippen LogP contribution in [0.5, 0.6) is 0 Å². The van der Waals surface area contributed by atoms with Crippen LogP contribution in [0.4, 0.5) is 8.78 Å². The number of hydrogen-bond acceptors (Lipinski definition) is 0. The lowest BCUT2D eigenvalue weighted by molar-refractivity contribution is 0.498. The van der Waals surface area contributed by atoms with Crippen molar-refractivity contribution < 1.29 is 8.78 Å². The molecule has 1 unspecified atom stereocenters. The predicted molar refractivity (Wildman–Crippen MR) is 75.1 cm³/mol. The maximum absolute atomic E-state index is 13.5. The van der Waals surface area contributed by atoms with E-state index in [1.807, 2.05) is 0 Å². The molecule has 0 radical (unpaired) electrons. The molecule has 0 aliphatic carbocycles. The highest BCUT2D eigenvalue weighted by Crippen LogP contribution is 2.31. The molecule has 0 heterocycles. The molecule has 0 saturated carbocycles. The number of alkyl halides is 1. The highest BCUT2D eigenvalue weighted by molar-refractivity contribution is 6.42. The van der Waals surface area contributed by atoms with Crippen molar-refractivity contribution in [3.05, 3.63) is 69.2 Å². The molecule has 0 saturated heterocycles. The summed E-state index contributed by atoms with van der Waals surface area (Å²) in [7, 11) is 0. The van der Waals surface area contributed by atoms with Crippen molar-refractivity contribution in [2.75, 3.05) is 0 Å². The topological polar surface area (TPSA) is 0 Å². The molecular weight excluding hydrogens is 313 g/mol. The standard InChI is InChI=1S/C14H9Cl3F2/c15-10-5-4-8(6-12(10)17)11(16)7-9-2-1-3-13(18)14(9)19/h1-6,11H,7H2.